The number of hydrogen-bond donors (Lipinski definition) is 2. The van der Waals surface area contributed by atoms with Crippen molar-refractivity contribution in [2.24, 2.45) is 5.92 Å². The van der Waals surface area contributed by atoms with Crippen LogP contribution in [-0.4, -0.2) is 46.1 Å². The van der Waals surface area contributed by atoms with Crippen LogP contribution in [0.1, 0.15) is 25.8 Å². The van der Waals surface area contributed by atoms with E-state index >= 15 is 0 Å². The Balaban J connectivity index is 2.07. The van der Waals surface area contributed by atoms with Gasteiger partial charge >= 0.3 is 0 Å². The highest BCUT2D eigenvalue weighted by molar-refractivity contribution is 5.95. The Bertz CT molecular complexity index is 605. The topological polar surface area (TPSA) is 95.7 Å². The second-order valence-corrected chi connectivity index (χ2v) is 6.20. The molecule has 2 N–H and O–H groups in total. The Morgan fingerprint density at radius 2 is 2.22 bits per heavy atom. The Kier molecular flexibility index (Phi) is 5.33. The summed E-state index contributed by atoms with van der Waals surface area (Å²) < 4.78 is 0. The maximum atomic E-state index is 12.4. The number of β-amino-alcohol motifs (C(OH)–C–C–N with tert-alkyl or cyclic N) is 1. The molecule has 7 heteroatoms. The summed E-state index contributed by atoms with van der Waals surface area (Å²) in [5.74, 6) is 0.0101. The fourth-order valence-corrected chi connectivity index (χ4v) is 2.78. The molecule has 0 aliphatic carbocycles. The smallest absolute Gasteiger partial charge is 0.274 e. The van der Waals surface area contributed by atoms with Gasteiger partial charge in [-0.2, -0.15) is 0 Å². The normalized spacial score (nSPS) is 23.3. The standard InChI is InChI=1S/C16H23N3O4/c1-10-7-8-18(9-15(10)20)12(3)16(21)17-13-5-4-6-14(11(13)2)19(22)23/h4-6,10,12,15,20H,7-9H2,1-3H3,(H,17,21). The first-order valence-corrected chi connectivity index (χ1v) is 7.78. The minimum Gasteiger partial charge on any atom is -0.392 e. The van der Waals surface area contributed by atoms with Gasteiger partial charge in [0.2, 0.25) is 5.91 Å². The van der Waals surface area contributed by atoms with Crippen molar-refractivity contribution >= 4 is 17.3 Å². The van der Waals surface area contributed by atoms with Gasteiger partial charge in [-0.15, -0.1) is 0 Å². The Morgan fingerprint density at radius 3 is 2.83 bits per heavy atom. The van der Waals surface area contributed by atoms with Crippen LogP contribution in [0.5, 0.6) is 0 Å². The highest BCUT2D eigenvalue weighted by Gasteiger charge is 2.30. The number of likely N-dealkylation sites (tertiary alicyclic amines) is 1. The number of carbonyl (C=O) groups is 1. The Morgan fingerprint density at radius 1 is 1.52 bits per heavy atom. The van der Waals surface area contributed by atoms with Crippen LogP contribution in [0.15, 0.2) is 18.2 Å². The number of rotatable bonds is 4. The number of nitrogens with zero attached hydrogens (tertiary/aromatic N) is 2. The lowest BCUT2D eigenvalue weighted by molar-refractivity contribution is -0.385. The Hall–Kier alpha value is -1.99. The molecule has 2 rings (SSSR count). The third kappa shape index (κ3) is 3.86. The quantitative estimate of drug-likeness (QED) is 0.652. The van der Waals surface area contributed by atoms with E-state index < -0.39 is 17.1 Å². The molecule has 3 atom stereocenters. The van der Waals surface area contributed by atoms with Gasteiger partial charge in [-0.1, -0.05) is 13.0 Å². The van der Waals surface area contributed by atoms with Crippen molar-refractivity contribution < 1.29 is 14.8 Å². The van der Waals surface area contributed by atoms with Gasteiger partial charge in [0.15, 0.2) is 0 Å². The zero-order valence-electron chi connectivity index (χ0n) is 13.7. The molecule has 1 saturated heterocycles. The summed E-state index contributed by atoms with van der Waals surface area (Å²) in [7, 11) is 0. The first kappa shape index (κ1) is 17.4. The second kappa shape index (κ2) is 7.06. The number of nitro benzene ring substituents is 1. The largest absolute Gasteiger partial charge is 0.392 e. The number of hydrogen-bond acceptors (Lipinski definition) is 5. The number of aliphatic hydroxyl groups is 1. The predicted molar refractivity (Wildman–Crippen MR) is 87.3 cm³/mol. The van der Waals surface area contributed by atoms with E-state index in [0.717, 1.165) is 13.0 Å². The molecule has 0 bridgehead atoms. The number of amides is 1. The second-order valence-electron chi connectivity index (χ2n) is 6.20. The average Bonchev–Trinajstić information content (AvgIpc) is 2.51. The van der Waals surface area contributed by atoms with Gasteiger partial charge in [0, 0.05) is 12.6 Å². The van der Waals surface area contributed by atoms with E-state index in [1.165, 1.54) is 6.07 Å². The molecule has 0 radical (unpaired) electrons. The highest BCUT2D eigenvalue weighted by Crippen LogP contribution is 2.26. The summed E-state index contributed by atoms with van der Waals surface area (Å²) in [6.07, 6.45) is 0.410. The van der Waals surface area contributed by atoms with E-state index in [2.05, 4.69) is 5.32 Å². The fourth-order valence-electron chi connectivity index (χ4n) is 2.78. The molecule has 1 aromatic carbocycles. The maximum Gasteiger partial charge on any atom is 0.274 e. The summed E-state index contributed by atoms with van der Waals surface area (Å²) in [5.41, 5.74) is 0.866. The van der Waals surface area contributed by atoms with E-state index in [1.54, 1.807) is 26.0 Å². The van der Waals surface area contributed by atoms with Crippen molar-refractivity contribution in [2.45, 2.75) is 39.3 Å². The number of benzene rings is 1. The van der Waals surface area contributed by atoms with E-state index in [0.29, 0.717) is 17.8 Å². The number of anilines is 1. The zero-order valence-corrected chi connectivity index (χ0v) is 13.7. The van der Waals surface area contributed by atoms with Gasteiger partial charge in [-0.25, -0.2) is 0 Å². The predicted octanol–water partition coefficient (Wildman–Crippen LogP) is 1.93. The molecule has 7 nitrogen and oxygen atoms in total. The van der Waals surface area contributed by atoms with Crippen LogP contribution in [0.2, 0.25) is 0 Å². The highest BCUT2D eigenvalue weighted by atomic mass is 16.6. The summed E-state index contributed by atoms with van der Waals surface area (Å²) in [4.78, 5) is 24.9. The lowest BCUT2D eigenvalue weighted by atomic mass is 9.95. The lowest BCUT2D eigenvalue weighted by Crippen LogP contribution is -2.50. The molecule has 3 unspecified atom stereocenters. The minimum atomic E-state index is -0.462. The summed E-state index contributed by atoms with van der Waals surface area (Å²) >= 11 is 0. The molecule has 126 valence electrons. The monoisotopic (exact) mass is 321 g/mol. The molecule has 1 aliphatic heterocycles. The molecular formula is C16H23N3O4. The van der Waals surface area contributed by atoms with Crippen LogP contribution >= 0.6 is 0 Å². The van der Waals surface area contributed by atoms with Crippen molar-refractivity contribution in [3.63, 3.8) is 0 Å². The van der Waals surface area contributed by atoms with Gasteiger partial charge in [0.05, 0.1) is 28.3 Å². The van der Waals surface area contributed by atoms with E-state index in [1.807, 2.05) is 11.8 Å². The van der Waals surface area contributed by atoms with Crippen LogP contribution < -0.4 is 5.32 Å². The molecule has 1 amide bonds. The van der Waals surface area contributed by atoms with Crippen molar-refractivity contribution in [3.05, 3.63) is 33.9 Å². The SMILES string of the molecule is Cc1c(NC(=O)C(C)N2CCC(C)C(O)C2)cccc1[N+](=O)[O-]. The van der Waals surface area contributed by atoms with Gasteiger partial charge < -0.3 is 10.4 Å². The molecule has 1 fully saturated rings. The van der Waals surface area contributed by atoms with Crippen LogP contribution in [-0.2, 0) is 4.79 Å². The van der Waals surface area contributed by atoms with Crippen LogP contribution in [0, 0.1) is 23.0 Å². The zero-order chi connectivity index (χ0) is 17.1. The summed E-state index contributed by atoms with van der Waals surface area (Å²) in [6.45, 7) is 6.61. The first-order chi connectivity index (χ1) is 10.8. The van der Waals surface area contributed by atoms with Crippen LogP contribution in [0.4, 0.5) is 11.4 Å². The number of nitro groups is 1. The third-order valence-corrected chi connectivity index (χ3v) is 4.64. The molecular weight excluding hydrogens is 298 g/mol. The molecule has 0 saturated carbocycles. The summed E-state index contributed by atoms with van der Waals surface area (Å²) in [6, 6.07) is 4.21. The van der Waals surface area contributed by atoms with Crippen molar-refractivity contribution in [3.8, 4) is 0 Å². The number of carbonyl (C=O) groups excluding carboxylic acids is 1. The molecule has 0 aromatic heterocycles. The van der Waals surface area contributed by atoms with E-state index in [-0.39, 0.29) is 17.5 Å². The number of aliphatic hydroxyl groups excluding tert-OH is 1. The van der Waals surface area contributed by atoms with Gasteiger partial charge in [0.25, 0.3) is 5.69 Å². The fraction of sp³-hybridized carbons (Fsp3) is 0.562. The average molecular weight is 321 g/mol. The van der Waals surface area contributed by atoms with Crippen LogP contribution in [0.3, 0.4) is 0 Å². The summed E-state index contributed by atoms with van der Waals surface area (Å²) in [5, 5.41) is 23.7. The van der Waals surface area contributed by atoms with Gasteiger partial charge in [0.1, 0.15) is 0 Å². The lowest BCUT2D eigenvalue weighted by Gasteiger charge is -2.37. The molecule has 1 aromatic rings. The molecule has 1 heterocycles. The number of nitrogens with one attached hydrogen (secondary N) is 1. The van der Waals surface area contributed by atoms with Crippen molar-refractivity contribution in [1.82, 2.24) is 4.90 Å². The molecule has 1 aliphatic rings. The van der Waals surface area contributed by atoms with Gasteiger partial charge in [-0.05, 0) is 38.8 Å². The van der Waals surface area contributed by atoms with Crippen LogP contribution in [0.25, 0.3) is 0 Å². The van der Waals surface area contributed by atoms with Gasteiger partial charge in [-0.3, -0.25) is 19.8 Å². The minimum absolute atomic E-state index is 0.0160. The third-order valence-electron chi connectivity index (χ3n) is 4.64. The molecule has 0 spiro atoms. The molecule has 23 heavy (non-hydrogen) atoms. The van der Waals surface area contributed by atoms with E-state index in [9.17, 15) is 20.0 Å². The van der Waals surface area contributed by atoms with E-state index in [4.69, 9.17) is 0 Å². The Labute approximate surface area is 135 Å². The maximum absolute atomic E-state index is 12.4. The first-order valence-electron chi connectivity index (χ1n) is 7.78. The van der Waals surface area contributed by atoms with Crippen molar-refractivity contribution in [2.75, 3.05) is 18.4 Å². The van der Waals surface area contributed by atoms with Crippen molar-refractivity contribution in [1.29, 1.82) is 0 Å². The number of piperidine rings is 1.